The van der Waals surface area contributed by atoms with Gasteiger partial charge in [-0.05, 0) is 19.3 Å². The van der Waals surface area contributed by atoms with E-state index in [1.807, 2.05) is 0 Å². The minimum atomic E-state index is 0.0606. The summed E-state index contributed by atoms with van der Waals surface area (Å²) < 4.78 is 0. The van der Waals surface area contributed by atoms with E-state index in [1.165, 1.54) is 32.1 Å². The summed E-state index contributed by atoms with van der Waals surface area (Å²) >= 11 is 0. The van der Waals surface area contributed by atoms with E-state index in [0.717, 1.165) is 38.5 Å². The number of hydrogen-bond donors (Lipinski definition) is 0. The first-order valence-electron chi connectivity index (χ1n) is 8.59. The maximum Gasteiger partial charge on any atom is 0.229 e. The van der Waals surface area contributed by atoms with E-state index < -0.39 is 0 Å². The lowest BCUT2D eigenvalue weighted by atomic mass is 10.1. The Balaban J connectivity index is 2.34. The van der Waals surface area contributed by atoms with Crippen molar-refractivity contribution in [1.29, 1.82) is 0 Å². The molecule has 1 rings (SSSR count). The van der Waals surface area contributed by atoms with Crippen LogP contribution in [0.1, 0.15) is 90.4 Å². The molecule has 1 saturated heterocycles. The van der Waals surface area contributed by atoms with Crippen molar-refractivity contribution in [2.45, 2.75) is 90.4 Å². The largest absolute Gasteiger partial charge is 0.283 e. The van der Waals surface area contributed by atoms with Crippen molar-refractivity contribution in [2.75, 3.05) is 6.54 Å². The van der Waals surface area contributed by atoms with Gasteiger partial charge in [-0.3, -0.25) is 14.5 Å². The average molecular weight is 281 g/mol. The predicted molar refractivity (Wildman–Crippen MR) is 82.4 cm³/mol. The highest BCUT2D eigenvalue weighted by Crippen LogP contribution is 2.14. The molecule has 1 aliphatic rings. The SMILES string of the molecule is CCCCCCCC(=O)N1CCCCCCCCC1=O. The summed E-state index contributed by atoms with van der Waals surface area (Å²) in [6.45, 7) is 2.84. The van der Waals surface area contributed by atoms with Gasteiger partial charge in [-0.2, -0.15) is 0 Å². The Hall–Kier alpha value is -0.860. The number of carbonyl (C=O) groups is 2. The van der Waals surface area contributed by atoms with Gasteiger partial charge in [0.2, 0.25) is 11.8 Å². The predicted octanol–water partition coefficient (Wildman–Crippen LogP) is 4.45. The Bertz CT molecular complexity index is 289. The number of rotatable bonds is 6. The summed E-state index contributed by atoms with van der Waals surface area (Å²) in [5.41, 5.74) is 0. The highest BCUT2D eigenvalue weighted by molar-refractivity contribution is 5.95. The van der Waals surface area contributed by atoms with Crippen molar-refractivity contribution >= 4 is 11.8 Å². The fraction of sp³-hybridized carbons (Fsp3) is 0.882. The number of imide groups is 1. The van der Waals surface area contributed by atoms with Gasteiger partial charge in [-0.1, -0.05) is 58.3 Å². The molecule has 3 heteroatoms. The van der Waals surface area contributed by atoms with Crippen molar-refractivity contribution in [1.82, 2.24) is 4.90 Å². The van der Waals surface area contributed by atoms with E-state index in [1.54, 1.807) is 4.90 Å². The molecule has 1 fully saturated rings. The molecule has 20 heavy (non-hydrogen) atoms. The lowest BCUT2D eigenvalue weighted by Crippen LogP contribution is -2.37. The quantitative estimate of drug-likeness (QED) is 0.675. The molecule has 116 valence electrons. The lowest BCUT2D eigenvalue weighted by Gasteiger charge is -2.22. The molecular weight excluding hydrogens is 250 g/mol. The van der Waals surface area contributed by atoms with Crippen LogP contribution in [0.15, 0.2) is 0 Å². The third-order valence-corrected chi connectivity index (χ3v) is 4.12. The number of hydrogen-bond acceptors (Lipinski definition) is 2. The van der Waals surface area contributed by atoms with Crippen molar-refractivity contribution < 1.29 is 9.59 Å². The van der Waals surface area contributed by atoms with Crippen LogP contribution in [-0.4, -0.2) is 23.3 Å². The summed E-state index contributed by atoms with van der Waals surface area (Å²) in [5.74, 6) is 0.123. The van der Waals surface area contributed by atoms with E-state index in [2.05, 4.69) is 6.92 Å². The molecule has 0 aliphatic carbocycles. The minimum Gasteiger partial charge on any atom is -0.283 e. The van der Waals surface area contributed by atoms with Gasteiger partial charge in [-0.25, -0.2) is 0 Å². The maximum absolute atomic E-state index is 12.2. The van der Waals surface area contributed by atoms with Crippen molar-refractivity contribution in [3.05, 3.63) is 0 Å². The Kier molecular flexibility index (Phi) is 9.35. The summed E-state index contributed by atoms with van der Waals surface area (Å²) in [6, 6.07) is 0. The van der Waals surface area contributed by atoms with E-state index in [-0.39, 0.29) is 11.8 Å². The molecule has 0 spiro atoms. The molecule has 0 radical (unpaired) electrons. The van der Waals surface area contributed by atoms with Gasteiger partial charge in [0.05, 0.1) is 0 Å². The van der Waals surface area contributed by atoms with Gasteiger partial charge in [0.15, 0.2) is 0 Å². The summed E-state index contributed by atoms with van der Waals surface area (Å²) in [7, 11) is 0. The Morgan fingerprint density at radius 1 is 0.950 bits per heavy atom. The van der Waals surface area contributed by atoms with Crippen LogP contribution >= 0.6 is 0 Å². The molecule has 0 N–H and O–H groups in total. The normalized spacial score (nSPS) is 18.1. The molecule has 0 unspecified atom stereocenters. The third-order valence-electron chi connectivity index (χ3n) is 4.12. The summed E-state index contributed by atoms with van der Waals surface area (Å²) in [5, 5.41) is 0. The molecule has 1 aliphatic heterocycles. The Morgan fingerprint density at radius 2 is 1.60 bits per heavy atom. The highest BCUT2D eigenvalue weighted by Gasteiger charge is 2.20. The van der Waals surface area contributed by atoms with E-state index in [9.17, 15) is 9.59 Å². The van der Waals surface area contributed by atoms with Crippen LogP contribution in [-0.2, 0) is 9.59 Å². The van der Waals surface area contributed by atoms with Crippen LogP contribution in [0.3, 0.4) is 0 Å². The second kappa shape index (κ2) is 10.9. The molecule has 0 aromatic rings. The third kappa shape index (κ3) is 7.06. The van der Waals surface area contributed by atoms with Crippen LogP contribution in [0.2, 0.25) is 0 Å². The molecule has 0 bridgehead atoms. The fourth-order valence-electron chi connectivity index (χ4n) is 2.79. The molecule has 1 heterocycles. The zero-order chi connectivity index (χ0) is 14.6. The van der Waals surface area contributed by atoms with Crippen LogP contribution in [0.5, 0.6) is 0 Å². The van der Waals surface area contributed by atoms with Gasteiger partial charge >= 0.3 is 0 Å². The molecule has 0 aromatic heterocycles. The van der Waals surface area contributed by atoms with Crippen LogP contribution in [0, 0.1) is 0 Å². The standard InChI is InChI=1S/C17H31NO2/c1-2-3-4-7-10-13-16(19)18-15-12-9-6-5-8-11-14-17(18)20/h2-15H2,1H3. The van der Waals surface area contributed by atoms with Crippen molar-refractivity contribution in [2.24, 2.45) is 0 Å². The molecule has 3 nitrogen and oxygen atoms in total. The van der Waals surface area contributed by atoms with Crippen LogP contribution in [0.4, 0.5) is 0 Å². The highest BCUT2D eigenvalue weighted by atomic mass is 16.2. The summed E-state index contributed by atoms with van der Waals surface area (Å²) in [4.78, 5) is 25.9. The Morgan fingerprint density at radius 3 is 2.35 bits per heavy atom. The molecular formula is C17H31NO2. The van der Waals surface area contributed by atoms with Gasteiger partial charge < -0.3 is 0 Å². The second-order valence-corrected chi connectivity index (χ2v) is 5.97. The van der Waals surface area contributed by atoms with Gasteiger partial charge in [0, 0.05) is 19.4 Å². The monoisotopic (exact) mass is 281 g/mol. The van der Waals surface area contributed by atoms with Crippen LogP contribution < -0.4 is 0 Å². The van der Waals surface area contributed by atoms with Crippen molar-refractivity contribution in [3.63, 3.8) is 0 Å². The molecule has 0 aromatic carbocycles. The average Bonchev–Trinajstić information content (AvgIpc) is 2.45. The molecule has 2 amide bonds. The van der Waals surface area contributed by atoms with E-state index >= 15 is 0 Å². The molecule has 0 atom stereocenters. The van der Waals surface area contributed by atoms with Gasteiger partial charge in [0.25, 0.3) is 0 Å². The Labute approximate surface area is 124 Å². The number of nitrogens with zero attached hydrogens (tertiary/aromatic N) is 1. The van der Waals surface area contributed by atoms with E-state index in [0.29, 0.717) is 19.4 Å². The molecule has 0 saturated carbocycles. The zero-order valence-electron chi connectivity index (χ0n) is 13.2. The van der Waals surface area contributed by atoms with Crippen molar-refractivity contribution in [3.8, 4) is 0 Å². The minimum absolute atomic E-state index is 0.0606. The number of amides is 2. The second-order valence-electron chi connectivity index (χ2n) is 5.97. The smallest absolute Gasteiger partial charge is 0.229 e. The first-order chi connectivity index (χ1) is 9.75. The number of unbranched alkanes of at least 4 members (excludes halogenated alkanes) is 4. The first-order valence-corrected chi connectivity index (χ1v) is 8.59. The first kappa shape index (κ1) is 17.2. The zero-order valence-corrected chi connectivity index (χ0v) is 13.2. The van der Waals surface area contributed by atoms with Gasteiger partial charge in [0.1, 0.15) is 0 Å². The maximum atomic E-state index is 12.2. The van der Waals surface area contributed by atoms with Gasteiger partial charge in [-0.15, -0.1) is 0 Å². The van der Waals surface area contributed by atoms with E-state index in [4.69, 9.17) is 0 Å². The number of carbonyl (C=O) groups excluding carboxylic acids is 2. The fourth-order valence-corrected chi connectivity index (χ4v) is 2.79. The topological polar surface area (TPSA) is 37.4 Å². The lowest BCUT2D eigenvalue weighted by molar-refractivity contribution is -0.145. The summed E-state index contributed by atoms with van der Waals surface area (Å²) in [6.07, 6.45) is 13.5. The van der Waals surface area contributed by atoms with Crippen LogP contribution in [0.25, 0.3) is 0 Å².